The molecule has 0 amide bonds. The summed E-state index contributed by atoms with van der Waals surface area (Å²) in [6.45, 7) is 9.36. The second kappa shape index (κ2) is 5.72. The summed E-state index contributed by atoms with van der Waals surface area (Å²) >= 11 is 0. The Hall–Kier alpha value is -0.0800. The van der Waals surface area contributed by atoms with Crippen molar-refractivity contribution in [2.75, 3.05) is 19.8 Å². The van der Waals surface area contributed by atoms with E-state index < -0.39 is 0 Å². The van der Waals surface area contributed by atoms with Gasteiger partial charge in [0.2, 0.25) is 0 Å². The van der Waals surface area contributed by atoms with Gasteiger partial charge >= 0.3 is 0 Å². The summed E-state index contributed by atoms with van der Waals surface area (Å²) in [5, 5.41) is 0. The molecule has 0 N–H and O–H groups in total. The Bertz CT molecular complexity index is 150. The first kappa shape index (κ1) is 12.0. The molecule has 2 heteroatoms. The van der Waals surface area contributed by atoms with Crippen molar-refractivity contribution in [1.82, 2.24) is 0 Å². The molecule has 0 bridgehead atoms. The fraction of sp³-hybridized carbons (Fsp3) is 1.00. The maximum Gasteiger partial charge on any atom is 0.0651 e. The lowest BCUT2D eigenvalue weighted by Gasteiger charge is -2.32. The SMILES string of the molecule is CCCOC(CCC)C1(C)CCOC1. The van der Waals surface area contributed by atoms with Crippen LogP contribution >= 0.6 is 0 Å². The molecule has 0 radical (unpaired) electrons. The van der Waals surface area contributed by atoms with Gasteiger partial charge in [-0.05, 0) is 19.3 Å². The van der Waals surface area contributed by atoms with Gasteiger partial charge in [0, 0.05) is 18.6 Å². The molecule has 1 rings (SSSR count). The molecule has 0 spiro atoms. The zero-order valence-electron chi connectivity index (χ0n) is 9.84. The first-order valence-electron chi connectivity index (χ1n) is 5.92. The highest BCUT2D eigenvalue weighted by molar-refractivity contribution is 4.86. The van der Waals surface area contributed by atoms with Crippen LogP contribution in [-0.4, -0.2) is 25.9 Å². The largest absolute Gasteiger partial charge is 0.381 e. The first-order chi connectivity index (χ1) is 6.73. The minimum absolute atomic E-state index is 0.269. The Morgan fingerprint density at radius 2 is 2.14 bits per heavy atom. The third-order valence-electron chi connectivity index (χ3n) is 3.10. The van der Waals surface area contributed by atoms with Crippen LogP contribution in [0.3, 0.4) is 0 Å². The smallest absolute Gasteiger partial charge is 0.0651 e. The van der Waals surface area contributed by atoms with Crippen molar-refractivity contribution in [2.24, 2.45) is 5.41 Å². The summed E-state index contributed by atoms with van der Waals surface area (Å²) in [6.07, 6.45) is 5.03. The van der Waals surface area contributed by atoms with Crippen molar-refractivity contribution < 1.29 is 9.47 Å². The topological polar surface area (TPSA) is 18.5 Å². The van der Waals surface area contributed by atoms with Crippen LogP contribution in [0.5, 0.6) is 0 Å². The lowest BCUT2D eigenvalue weighted by molar-refractivity contribution is -0.0414. The second-order valence-corrected chi connectivity index (χ2v) is 4.60. The molecule has 14 heavy (non-hydrogen) atoms. The number of ether oxygens (including phenoxy) is 2. The van der Waals surface area contributed by atoms with Crippen molar-refractivity contribution in [3.63, 3.8) is 0 Å². The maximum atomic E-state index is 5.94. The Balaban J connectivity index is 2.46. The Labute approximate surface area is 88.0 Å². The molecule has 1 aliphatic heterocycles. The van der Waals surface area contributed by atoms with Crippen molar-refractivity contribution in [1.29, 1.82) is 0 Å². The fourth-order valence-corrected chi connectivity index (χ4v) is 2.09. The molecule has 0 saturated carbocycles. The minimum Gasteiger partial charge on any atom is -0.381 e. The summed E-state index contributed by atoms with van der Waals surface area (Å²) < 4.78 is 11.4. The third-order valence-corrected chi connectivity index (χ3v) is 3.10. The third kappa shape index (κ3) is 2.96. The van der Waals surface area contributed by atoms with Gasteiger partial charge in [0.05, 0.1) is 12.7 Å². The number of hydrogen-bond donors (Lipinski definition) is 0. The van der Waals surface area contributed by atoms with Crippen LogP contribution in [0.25, 0.3) is 0 Å². The molecule has 2 atom stereocenters. The molecule has 0 aromatic carbocycles. The van der Waals surface area contributed by atoms with E-state index in [1.807, 2.05) is 0 Å². The highest BCUT2D eigenvalue weighted by Gasteiger charge is 2.38. The Kier molecular flexibility index (Phi) is 4.90. The zero-order valence-corrected chi connectivity index (χ0v) is 9.84. The average molecular weight is 200 g/mol. The molecule has 0 aliphatic carbocycles. The number of rotatable bonds is 6. The highest BCUT2D eigenvalue weighted by Crippen LogP contribution is 2.35. The van der Waals surface area contributed by atoms with E-state index in [1.165, 1.54) is 12.8 Å². The predicted molar refractivity (Wildman–Crippen MR) is 58.5 cm³/mol. The van der Waals surface area contributed by atoms with Crippen LogP contribution in [0.1, 0.15) is 46.5 Å². The Morgan fingerprint density at radius 1 is 1.36 bits per heavy atom. The van der Waals surface area contributed by atoms with Crippen LogP contribution in [-0.2, 0) is 9.47 Å². The van der Waals surface area contributed by atoms with E-state index in [2.05, 4.69) is 20.8 Å². The van der Waals surface area contributed by atoms with Gasteiger partial charge in [-0.25, -0.2) is 0 Å². The molecule has 84 valence electrons. The van der Waals surface area contributed by atoms with E-state index >= 15 is 0 Å². The van der Waals surface area contributed by atoms with Crippen molar-refractivity contribution >= 4 is 0 Å². The van der Waals surface area contributed by atoms with E-state index in [-0.39, 0.29) is 5.41 Å². The lowest BCUT2D eigenvalue weighted by atomic mass is 9.81. The average Bonchev–Trinajstić information content (AvgIpc) is 2.60. The lowest BCUT2D eigenvalue weighted by Crippen LogP contribution is -2.35. The summed E-state index contributed by atoms with van der Waals surface area (Å²) in [7, 11) is 0. The van der Waals surface area contributed by atoms with Gasteiger partial charge in [-0.3, -0.25) is 0 Å². The molecule has 1 fully saturated rings. The van der Waals surface area contributed by atoms with Gasteiger partial charge in [0.25, 0.3) is 0 Å². The van der Waals surface area contributed by atoms with E-state index in [9.17, 15) is 0 Å². The van der Waals surface area contributed by atoms with Crippen molar-refractivity contribution in [2.45, 2.75) is 52.6 Å². The summed E-state index contributed by atoms with van der Waals surface area (Å²) in [5.41, 5.74) is 0.269. The molecular weight excluding hydrogens is 176 g/mol. The molecule has 1 heterocycles. The van der Waals surface area contributed by atoms with E-state index in [4.69, 9.17) is 9.47 Å². The molecule has 0 aromatic rings. The summed E-state index contributed by atoms with van der Waals surface area (Å²) in [6, 6.07) is 0. The molecular formula is C12H24O2. The highest BCUT2D eigenvalue weighted by atomic mass is 16.5. The van der Waals surface area contributed by atoms with Crippen LogP contribution in [0.15, 0.2) is 0 Å². The normalized spacial score (nSPS) is 29.4. The quantitative estimate of drug-likeness (QED) is 0.656. The van der Waals surface area contributed by atoms with Crippen LogP contribution in [0.4, 0.5) is 0 Å². The van der Waals surface area contributed by atoms with Gasteiger partial charge in [-0.15, -0.1) is 0 Å². The first-order valence-corrected chi connectivity index (χ1v) is 5.92. The predicted octanol–water partition coefficient (Wildman–Crippen LogP) is 3.01. The molecule has 1 aliphatic rings. The molecule has 2 unspecified atom stereocenters. The molecule has 0 aromatic heterocycles. The van der Waals surface area contributed by atoms with E-state index in [0.29, 0.717) is 6.10 Å². The van der Waals surface area contributed by atoms with Gasteiger partial charge < -0.3 is 9.47 Å². The monoisotopic (exact) mass is 200 g/mol. The second-order valence-electron chi connectivity index (χ2n) is 4.60. The minimum atomic E-state index is 0.269. The van der Waals surface area contributed by atoms with Gasteiger partial charge in [-0.1, -0.05) is 27.2 Å². The van der Waals surface area contributed by atoms with Gasteiger partial charge in [0.15, 0.2) is 0 Å². The van der Waals surface area contributed by atoms with Gasteiger partial charge in [0.1, 0.15) is 0 Å². The van der Waals surface area contributed by atoms with Crippen molar-refractivity contribution in [3.8, 4) is 0 Å². The standard InChI is InChI=1S/C12H24O2/c1-4-6-11(14-8-5-2)12(3)7-9-13-10-12/h11H,4-10H2,1-3H3. The zero-order chi connectivity index (χ0) is 10.4. The molecule has 2 nitrogen and oxygen atoms in total. The number of hydrogen-bond acceptors (Lipinski definition) is 2. The summed E-state index contributed by atoms with van der Waals surface area (Å²) in [5.74, 6) is 0. The van der Waals surface area contributed by atoms with Gasteiger partial charge in [-0.2, -0.15) is 0 Å². The molecule has 1 saturated heterocycles. The van der Waals surface area contributed by atoms with E-state index in [1.54, 1.807) is 0 Å². The van der Waals surface area contributed by atoms with Crippen LogP contribution < -0.4 is 0 Å². The van der Waals surface area contributed by atoms with Crippen molar-refractivity contribution in [3.05, 3.63) is 0 Å². The summed E-state index contributed by atoms with van der Waals surface area (Å²) in [4.78, 5) is 0. The van der Waals surface area contributed by atoms with Crippen LogP contribution in [0, 0.1) is 5.41 Å². The maximum absolute atomic E-state index is 5.94. The Morgan fingerprint density at radius 3 is 2.64 bits per heavy atom. The fourth-order valence-electron chi connectivity index (χ4n) is 2.09. The van der Waals surface area contributed by atoms with E-state index in [0.717, 1.165) is 32.7 Å². The van der Waals surface area contributed by atoms with Crippen LogP contribution in [0.2, 0.25) is 0 Å².